The number of sulfone groups is 1. The molecule has 2 amide bonds. The van der Waals surface area contributed by atoms with E-state index < -0.39 is 9.84 Å². The minimum atomic E-state index is -3.14. The summed E-state index contributed by atoms with van der Waals surface area (Å²) in [5, 5.41) is 3.48. The monoisotopic (exact) mass is 346 g/mol. The van der Waals surface area contributed by atoms with Gasteiger partial charge in [-0.1, -0.05) is 23.7 Å². The lowest BCUT2D eigenvalue weighted by Crippen LogP contribution is -2.47. The van der Waals surface area contributed by atoms with Crippen LogP contribution in [0.5, 0.6) is 0 Å². The largest absolute Gasteiger partial charge is 0.331 e. The molecule has 1 aromatic carbocycles. The second kappa shape index (κ2) is 7.83. The number of carbonyl (C=O) groups excluding carboxylic acids is 1. The van der Waals surface area contributed by atoms with Gasteiger partial charge in [-0.2, -0.15) is 0 Å². The maximum atomic E-state index is 12.4. The van der Waals surface area contributed by atoms with E-state index in [2.05, 4.69) is 5.32 Å². The number of halogens is 1. The average molecular weight is 347 g/mol. The highest BCUT2D eigenvalue weighted by Crippen LogP contribution is 2.17. The van der Waals surface area contributed by atoms with Gasteiger partial charge in [0.15, 0.2) is 0 Å². The van der Waals surface area contributed by atoms with Gasteiger partial charge in [0.2, 0.25) is 0 Å². The van der Waals surface area contributed by atoms with Crippen molar-refractivity contribution in [2.45, 2.75) is 32.9 Å². The van der Waals surface area contributed by atoms with E-state index in [1.165, 1.54) is 11.2 Å². The van der Waals surface area contributed by atoms with Crippen LogP contribution in [0.2, 0.25) is 5.02 Å². The number of amides is 2. The van der Waals surface area contributed by atoms with Gasteiger partial charge in [-0.05, 0) is 38.5 Å². The predicted molar refractivity (Wildman–Crippen MR) is 90.0 cm³/mol. The summed E-state index contributed by atoms with van der Waals surface area (Å²) in [5.74, 6) is -0.0557. The Morgan fingerprint density at radius 2 is 2.00 bits per heavy atom. The third-order valence-electron chi connectivity index (χ3n) is 3.37. The summed E-state index contributed by atoms with van der Waals surface area (Å²) in [6, 6.07) is 6.38. The molecule has 0 fully saturated rings. The molecule has 7 heteroatoms. The maximum absolute atomic E-state index is 12.4. The molecule has 5 nitrogen and oxygen atoms in total. The highest BCUT2D eigenvalue weighted by atomic mass is 35.5. The Morgan fingerprint density at radius 3 is 2.50 bits per heavy atom. The molecule has 0 unspecified atom stereocenters. The van der Waals surface area contributed by atoms with E-state index >= 15 is 0 Å². The molecule has 1 aromatic rings. The molecule has 124 valence electrons. The number of carbonyl (C=O) groups is 1. The molecule has 0 aliphatic carbocycles. The van der Waals surface area contributed by atoms with E-state index in [0.29, 0.717) is 11.6 Å². The second-order valence-corrected chi connectivity index (χ2v) is 8.07. The lowest BCUT2D eigenvalue weighted by molar-refractivity contribution is 0.184. The van der Waals surface area contributed by atoms with Crippen LogP contribution in [0, 0.1) is 0 Å². The summed E-state index contributed by atoms with van der Waals surface area (Å²) >= 11 is 5.95. The van der Waals surface area contributed by atoms with Crippen molar-refractivity contribution in [3.05, 3.63) is 34.9 Å². The maximum Gasteiger partial charge on any atom is 0.318 e. The quantitative estimate of drug-likeness (QED) is 0.861. The topological polar surface area (TPSA) is 66.5 Å². The van der Waals surface area contributed by atoms with E-state index in [1.54, 1.807) is 19.1 Å². The van der Waals surface area contributed by atoms with Gasteiger partial charge in [0, 0.05) is 23.9 Å². The Kier molecular flexibility index (Phi) is 6.68. The summed E-state index contributed by atoms with van der Waals surface area (Å²) in [6.45, 7) is 5.85. The summed E-state index contributed by atoms with van der Waals surface area (Å²) in [7, 11) is -3.14. The lowest BCUT2D eigenvalue weighted by atomic mass is 10.1. The number of benzene rings is 1. The third kappa shape index (κ3) is 5.85. The van der Waals surface area contributed by atoms with E-state index in [4.69, 9.17) is 11.6 Å². The molecule has 1 N–H and O–H groups in total. The highest BCUT2D eigenvalue weighted by Gasteiger charge is 2.23. The third-order valence-corrected chi connectivity index (χ3v) is 4.69. The molecular formula is C15H23ClN2O3S. The molecule has 0 radical (unpaired) electrons. The van der Waals surface area contributed by atoms with E-state index in [1.807, 2.05) is 26.0 Å². The van der Waals surface area contributed by atoms with Crippen molar-refractivity contribution < 1.29 is 13.2 Å². The van der Waals surface area contributed by atoms with Crippen molar-refractivity contribution in [3.8, 4) is 0 Å². The van der Waals surface area contributed by atoms with E-state index in [-0.39, 0.29) is 23.9 Å². The normalized spacial score (nSPS) is 14.2. The highest BCUT2D eigenvalue weighted by molar-refractivity contribution is 7.90. The molecule has 2 atom stereocenters. The van der Waals surface area contributed by atoms with Crippen LogP contribution in [0.25, 0.3) is 0 Å². The van der Waals surface area contributed by atoms with Crippen molar-refractivity contribution in [3.63, 3.8) is 0 Å². The fraction of sp³-hybridized carbons (Fsp3) is 0.533. The minimum absolute atomic E-state index is 0.0557. The summed E-state index contributed by atoms with van der Waals surface area (Å²) in [5.41, 5.74) is 0.896. The Bertz CT molecular complexity index is 619. The van der Waals surface area contributed by atoms with Crippen molar-refractivity contribution in [2.75, 3.05) is 18.6 Å². The van der Waals surface area contributed by atoms with Crippen molar-refractivity contribution in [1.82, 2.24) is 10.2 Å². The van der Waals surface area contributed by atoms with Gasteiger partial charge in [0.05, 0.1) is 11.8 Å². The molecule has 0 bridgehead atoms. The fourth-order valence-electron chi connectivity index (χ4n) is 2.31. The first-order valence-corrected chi connectivity index (χ1v) is 9.58. The molecule has 0 aliphatic rings. The van der Waals surface area contributed by atoms with Gasteiger partial charge in [0.25, 0.3) is 0 Å². The SMILES string of the molecule is CCN(C(=O)N[C@H](C)c1cccc(Cl)c1)[C@H](C)CS(C)(=O)=O. The van der Waals surface area contributed by atoms with Gasteiger partial charge in [-0.25, -0.2) is 13.2 Å². The average Bonchev–Trinajstić information content (AvgIpc) is 2.37. The molecule has 0 aliphatic heterocycles. The number of urea groups is 1. The number of nitrogens with one attached hydrogen (secondary N) is 1. The number of rotatable bonds is 6. The first-order chi connectivity index (χ1) is 10.1. The van der Waals surface area contributed by atoms with Crippen molar-refractivity contribution in [2.24, 2.45) is 0 Å². The lowest BCUT2D eigenvalue weighted by Gasteiger charge is -2.29. The smallest absolute Gasteiger partial charge is 0.318 e. The number of hydrogen-bond acceptors (Lipinski definition) is 3. The molecule has 0 spiro atoms. The Labute approximate surface area is 137 Å². The van der Waals surface area contributed by atoms with Crippen LogP contribution >= 0.6 is 11.6 Å². The van der Waals surface area contributed by atoms with Crippen LogP contribution in [0.15, 0.2) is 24.3 Å². The van der Waals surface area contributed by atoms with Crippen LogP contribution in [0.1, 0.15) is 32.4 Å². The minimum Gasteiger partial charge on any atom is -0.331 e. The first-order valence-electron chi connectivity index (χ1n) is 7.14. The van der Waals surface area contributed by atoms with Crippen molar-refractivity contribution in [1.29, 1.82) is 0 Å². The molecular weight excluding hydrogens is 324 g/mol. The Hall–Kier alpha value is -1.27. The number of hydrogen-bond donors (Lipinski definition) is 1. The van der Waals surface area contributed by atoms with E-state index in [9.17, 15) is 13.2 Å². The molecule has 0 saturated heterocycles. The van der Waals surface area contributed by atoms with Crippen LogP contribution in [0.3, 0.4) is 0 Å². The summed E-state index contributed by atoms with van der Waals surface area (Å²) in [6.07, 6.45) is 1.17. The van der Waals surface area contributed by atoms with E-state index in [0.717, 1.165) is 5.56 Å². The zero-order valence-corrected chi connectivity index (χ0v) is 14.9. The van der Waals surface area contributed by atoms with Crippen LogP contribution in [0.4, 0.5) is 4.79 Å². The zero-order valence-electron chi connectivity index (χ0n) is 13.3. The first kappa shape index (κ1) is 18.8. The van der Waals surface area contributed by atoms with Gasteiger partial charge < -0.3 is 10.2 Å². The Morgan fingerprint density at radius 1 is 1.36 bits per heavy atom. The van der Waals surface area contributed by atoms with Gasteiger partial charge >= 0.3 is 6.03 Å². The fourth-order valence-corrected chi connectivity index (χ4v) is 3.57. The van der Waals surface area contributed by atoms with Gasteiger partial charge in [0.1, 0.15) is 9.84 Å². The summed E-state index contributed by atoms with van der Waals surface area (Å²) in [4.78, 5) is 13.9. The molecule has 22 heavy (non-hydrogen) atoms. The Balaban J connectivity index is 2.76. The number of nitrogens with zero attached hydrogens (tertiary/aromatic N) is 1. The molecule has 0 heterocycles. The van der Waals surface area contributed by atoms with Crippen molar-refractivity contribution >= 4 is 27.5 Å². The standard InChI is InChI=1S/C15H23ClN2O3S/c1-5-18(11(2)10-22(4,20)21)15(19)17-12(3)13-7-6-8-14(16)9-13/h6-9,11-12H,5,10H2,1-4H3,(H,17,19)/t11-,12-/m1/s1. The molecule has 0 saturated carbocycles. The van der Waals surface area contributed by atoms with Gasteiger partial charge in [-0.3, -0.25) is 0 Å². The van der Waals surface area contributed by atoms with Crippen LogP contribution in [-0.4, -0.2) is 43.9 Å². The predicted octanol–water partition coefficient (Wildman–Crippen LogP) is 2.87. The molecule has 0 aromatic heterocycles. The summed E-state index contributed by atoms with van der Waals surface area (Å²) < 4.78 is 22.8. The van der Waals surface area contributed by atoms with Gasteiger partial charge in [-0.15, -0.1) is 0 Å². The zero-order chi connectivity index (χ0) is 16.9. The van der Waals surface area contributed by atoms with Crippen LogP contribution in [-0.2, 0) is 9.84 Å². The second-order valence-electron chi connectivity index (χ2n) is 5.45. The van der Waals surface area contributed by atoms with Crippen LogP contribution < -0.4 is 5.32 Å². The molecule has 1 rings (SSSR count).